The van der Waals surface area contributed by atoms with Gasteiger partial charge in [0.1, 0.15) is 5.82 Å². The van der Waals surface area contributed by atoms with Crippen molar-refractivity contribution in [3.8, 4) is 22.5 Å². The molecule has 0 atom stereocenters. The molecule has 1 aliphatic heterocycles. The molecule has 3 aromatic heterocycles. The molecular weight excluding hydrogens is 493 g/mol. The normalized spacial score (nSPS) is 12.5. The molecule has 0 fully saturated rings. The second-order valence-electron chi connectivity index (χ2n) is 7.70. The van der Waals surface area contributed by atoms with Gasteiger partial charge < -0.3 is 21.1 Å². The van der Waals surface area contributed by atoms with Gasteiger partial charge in [-0.3, -0.25) is 19.5 Å². The maximum atomic E-state index is 12.0. The molecule has 0 unspecified atom stereocenters. The first-order chi connectivity index (χ1) is 17.5. The fraction of sp³-hybridized carbons (Fsp3) is 0.208. The Labute approximate surface area is 209 Å². The van der Waals surface area contributed by atoms with E-state index in [1.807, 2.05) is 24.3 Å². The third-order valence-electron chi connectivity index (χ3n) is 5.23. The quantitative estimate of drug-likeness (QED) is 0.367. The van der Waals surface area contributed by atoms with Crippen molar-refractivity contribution in [2.24, 2.45) is 5.73 Å². The van der Waals surface area contributed by atoms with Crippen LogP contribution in [0.15, 0.2) is 55.4 Å². The van der Waals surface area contributed by atoms with E-state index in [-0.39, 0.29) is 11.8 Å². The number of aliphatic carboxylic acids is 1. The molecule has 4 heterocycles. The lowest BCUT2D eigenvalue weighted by molar-refractivity contribution is -0.192. The number of fused-ring (bicyclic) bond motifs is 1. The van der Waals surface area contributed by atoms with E-state index in [0.717, 1.165) is 34.6 Å². The summed E-state index contributed by atoms with van der Waals surface area (Å²) in [6.45, 7) is 4.85. The van der Waals surface area contributed by atoms with E-state index in [0.29, 0.717) is 31.0 Å². The Hall–Kier alpha value is -4.52. The second-order valence-corrected chi connectivity index (χ2v) is 7.70. The van der Waals surface area contributed by atoms with Crippen LogP contribution < -0.4 is 16.0 Å². The minimum atomic E-state index is -5.08. The van der Waals surface area contributed by atoms with Gasteiger partial charge in [-0.2, -0.15) is 13.2 Å². The van der Waals surface area contributed by atoms with Gasteiger partial charge in [-0.05, 0) is 36.4 Å². The summed E-state index contributed by atoms with van der Waals surface area (Å²) in [6.07, 6.45) is 0.342. The minimum Gasteiger partial charge on any atom is -0.475 e. The number of carbonyl (C=O) groups is 3. The van der Waals surface area contributed by atoms with E-state index in [9.17, 15) is 22.8 Å². The van der Waals surface area contributed by atoms with E-state index in [2.05, 4.69) is 26.8 Å². The van der Waals surface area contributed by atoms with Crippen LogP contribution >= 0.6 is 0 Å². The zero-order chi connectivity index (χ0) is 27.2. The molecule has 37 heavy (non-hydrogen) atoms. The number of aromatic nitrogens is 3. The van der Waals surface area contributed by atoms with E-state index in [1.165, 1.54) is 11.0 Å². The Morgan fingerprint density at radius 1 is 1.19 bits per heavy atom. The summed E-state index contributed by atoms with van der Waals surface area (Å²) >= 11 is 0. The number of H-pyrrole nitrogens is 1. The first-order valence-corrected chi connectivity index (χ1v) is 10.9. The Morgan fingerprint density at radius 2 is 1.92 bits per heavy atom. The van der Waals surface area contributed by atoms with Gasteiger partial charge in [-0.25, -0.2) is 9.78 Å². The number of hydrogen-bond acceptors (Lipinski definition) is 6. The average Bonchev–Trinajstić information content (AvgIpc) is 3.33. The second kappa shape index (κ2) is 11.5. The Balaban J connectivity index is 0.000000479. The molecule has 0 bridgehead atoms. The van der Waals surface area contributed by atoms with Crippen molar-refractivity contribution in [1.29, 1.82) is 0 Å². The molecule has 0 saturated heterocycles. The maximum Gasteiger partial charge on any atom is 0.490 e. The van der Waals surface area contributed by atoms with Crippen LogP contribution in [0, 0.1) is 0 Å². The van der Waals surface area contributed by atoms with Crippen molar-refractivity contribution < 1.29 is 32.7 Å². The van der Waals surface area contributed by atoms with Gasteiger partial charge in [0.2, 0.25) is 0 Å². The molecule has 0 aromatic carbocycles. The molecular formula is C24H23F3N6O4. The maximum absolute atomic E-state index is 12.0. The van der Waals surface area contributed by atoms with E-state index in [1.54, 1.807) is 18.5 Å². The highest BCUT2D eigenvalue weighted by molar-refractivity contribution is 6.00. The number of aromatic amines is 1. The number of hydrogen-bond donors (Lipinski definition) is 4. The number of halogens is 3. The van der Waals surface area contributed by atoms with Crippen molar-refractivity contribution in [2.75, 3.05) is 24.5 Å². The number of alkyl halides is 3. The predicted molar refractivity (Wildman–Crippen MR) is 129 cm³/mol. The fourth-order valence-corrected chi connectivity index (χ4v) is 3.48. The zero-order valence-electron chi connectivity index (χ0n) is 19.4. The van der Waals surface area contributed by atoms with Crippen LogP contribution in [0.3, 0.4) is 0 Å². The predicted octanol–water partition coefficient (Wildman–Crippen LogP) is 2.54. The van der Waals surface area contributed by atoms with Crippen LogP contribution in [-0.4, -0.2) is 63.7 Å². The van der Waals surface area contributed by atoms with Gasteiger partial charge in [0.25, 0.3) is 11.8 Å². The Bertz CT molecular complexity index is 1300. The van der Waals surface area contributed by atoms with Crippen LogP contribution in [0.4, 0.5) is 19.0 Å². The standard InChI is InChI=1S/C22H22N6O2.C2HF3O2/c1-2-21(29)28(10-7-23)20-4-3-15(13-26-20)18-11-14(5-8-24-18)19-12-16-17(27-19)6-9-25-22(16)30;3-2(4,5)1(6)7/h2-5,8,11-13,27H,1,6-7,9-10,23H2,(H,25,30);(H,6,7). The first kappa shape index (κ1) is 27.1. The van der Waals surface area contributed by atoms with Gasteiger partial charge >= 0.3 is 12.1 Å². The van der Waals surface area contributed by atoms with Crippen LogP contribution in [0.2, 0.25) is 0 Å². The number of carboxylic acid groups (broad SMARTS) is 1. The topological polar surface area (TPSA) is 154 Å². The monoisotopic (exact) mass is 516 g/mol. The van der Waals surface area contributed by atoms with E-state index >= 15 is 0 Å². The molecule has 5 N–H and O–H groups in total. The number of anilines is 1. The van der Waals surface area contributed by atoms with Crippen LogP contribution in [0.5, 0.6) is 0 Å². The van der Waals surface area contributed by atoms with Crippen molar-refractivity contribution in [2.45, 2.75) is 12.6 Å². The molecule has 0 aliphatic carbocycles. The summed E-state index contributed by atoms with van der Waals surface area (Å²) in [4.78, 5) is 46.6. The number of nitrogens with one attached hydrogen (secondary N) is 2. The lowest BCUT2D eigenvalue weighted by Gasteiger charge is -2.19. The van der Waals surface area contributed by atoms with Gasteiger partial charge in [0.15, 0.2) is 0 Å². The number of amides is 2. The van der Waals surface area contributed by atoms with Gasteiger partial charge in [0.05, 0.1) is 11.3 Å². The summed E-state index contributed by atoms with van der Waals surface area (Å²) in [5.41, 5.74) is 10.6. The molecule has 194 valence electrons. The third-order valence-corrected chi connectivity index (χ3v) is 5.23. The van der Waals surface area contributed by atoms with Gasteiger partial charge in [0, 0.05) is 61.0 Å². The van der Waals surface area contributed by atoms with Crippen LogP contribution in [0.1, 0.15) is 16.1 Å². The molecule has 2 amide bonds. The van der Waals surface area contributed by atoms with Crippen molar-refractivity contribution in [3.05, 3.63) is 66.6 Å². The van der Waals surface area contributed by atoms with Crippen molar-refractivity contribution >= 4 is 23.6 Å². The highest BCUT2D eigenvalue weighted by Gasteiger charge is 2.38. The van der Waals surface area contributed by atoms with E-state index in [4.69, 9.17) is 15.6 Å². The fourth-order valence-electron chi connectivity index (χ4n) is 3.48. The number of carboxylic acids is 1. The molecule has 0 saturated carbocycles. The zero-order valence-corrected chi connectivity index (χ0v) is 19.4. The van der Waals surface area contributed by atoms with Crippen LogP contribution in [-0.2, 0) is 16.0 Å². The molecule has 4 rings (SSSR count). The summed E-state index contributed by atoms with van der Waals surface area (Å²) in [5, 5.41) is 9.98. The third kappa shape index (κ3) is 6.58. The minimum absolute atomic E-state index is 0.0519. The molecule has 10 nitrogen and oxygen atoms in total. The summed E-state index contributed by atoms with van der Waals surface area (Å²) in [5.74, 6) is -2.55. The number of pyridine rings is 2. The van der Waals surface area contributed by atoms with Crippen molar-refractivity contribution in [3.63, 3.8) is 0 Å². The Morgan fingerprint density at radius 3 is 2.49 bits per heavy atom. The molecule has 1 aliphatic rings. The summed E-state index contributed by atoms with van der Waals surface area (Å²) < 4.78 is 31.7. The smallest absolute Gasteiger partial charge is 0.475 e. The molecule has 13 heteroatoms. The SMILES string of the molecule is C=CC(=O)N(CCN)c1ccc(-c2cc(-c3cc4c([nH]3)CCNC4=O)ccn2)cn1.O=C(O)C(F)(F)F. The highest BCUT2D eigenvalue weighted by atomic mass is 19.4. The average molecular weight is 516 g/mol. The summed E-state index contributed by atoms with van der Waals surface area (Å²) in [7, 11) is 0. The molecule has 0 radical (unpaired) electrons. The van der Waals surface area contributed by atoms with Crippen molar-refractivity contribution in [1.82, 2.24) is 20.3 Å². The highest BCUT2D eigenvalue weighted by Crippen LogP contribution is 2.27. The van der Waals surface area contributed by atoms with Gasteiger partial charge in [-0.1, -0.05) is 6.58 Å². The number of nitrogens with two attached hydrogens (primary N) is 1. The number of rotatable bonds is 6. The lowest BCUT2D eigenvalue weighted by Crippen LogP contribution is -2.34. The Kier molecular flexibility index (Phi) is 8.40. The molecule has 3 aromatic rings. The van der Waals surface area contributed by atoms with E-state index < -0.39 is 12.1 Å². The number of nitrogens with zero attached hydrogens (tertiary/aromatic N) is 3. The number of carbonyl (C=O) groups excluding carboxylic acids is 2. The van der Waals surface area contributed by atoms with Crippen LogP contribution in [0.25, 0.3) is 22.5 Å². The lowest BCUT2D eigenvalue weighted by atomic mass is 10.1. The first-order valence-electron chi connectivity index (χ1n) is 10.9. The van der Waals surface area contributed by atoms with Gasteiger partial charge in [-0.15, -0.1) is 0 Å². The largest absolute Gasteiger partial charge is 0.490 e. The summed E-state index contributed by atoms with van der Waals surface area (Å²) in [6, 6.07) is 9.33. The molecule has 0 spiro atoms.